The highest BCUT2D eigenvalue weighted by Gasteiger charge is 2.52. The fourth-order valence-electron chi connectivity index (χ4n) is 4.47. The molecule has 1 aliphatic heterocycles. The zero-order valence-corrected chi connectivity index (χ0v) is 19.0. The topological polar surface area (TPSA) is 74.8 Å². The first kappa shape index (κ1) is 22.5. The molecule has 2 aliphatic rings. The molecule has 0 aromatic heterocycles. The van der Waals surface area contributed by atoms with Crippen LogP contribution in [0.1, 0.15) is 46.9 Å². The van der Waals surface area contributed by atoms with Crippen LogP contribution in [-0.2, 0) is 9.59 Å². The molecule has 1 saturated heterocycles. The fraction of sp³-hybridized carbons (Fsp3) is 0.333. The van der Waals surface area contributed by atoms with Crippen molar-refractivity contribution in [3.05, 3.63) is 69.7 Å². The van der Waals surface area contributed by atoms with Crippen LogP contribution in [0.3, 0.4) is 0 Å². The van der Waals surface area contributed by atoms with Crippen molar-refractivity contribution >= 4 is 46.7 Å². The van der Waals surface area contributed by atoms with E-state index in [4.69, 9.17) is 23.2 Å². The van der Waals surface area contributed by atoms with E-state index in [9.17, 15) is 19.2 Å². The Morgan fingerprint density at radius 1 is 0.938 bits per heavy atom. The molecule has 0 unspecified atom stereocenters. The van der Waals surface area contributed by atoms with E-state index < -0.39 is 36.1 Å². The summed E-state index contributed by atoms with van der Waals surface area (Å²) < 4.78 is 0. The van der Waals surface area contributed by atoms with Gasteiger partial charge in [-0.3, -0.25) is 19.2 Å². The lowest BCUT2D eigenvalue weighted by Gasteiger charge is -2.30. The van der Waals surface area contributed by atoms with Crippen molar-refractivity contribution in [3.63, 3.8) is 0 Å². The van der Waals surface area contributed by atoms with E-state index in [1.807, 2.05) is 6.92 Å². The van der Waals surface area contributed by atoms with E-state index in [1.54, 1.807) is 30.3 Å². The molecular weight excluding hydrogens is 451 g/mol. The van der Waals surface area contributed by atoms with Crippen LogP contribution in [0.4, 0.5) is 0 Å². The van der Waals surface area contributed by atoms with Gasteiger partial charge in [-0.25, -0.2) is 5.01 Å². The molecule has 3 atom stereocenters. The van der Waals surface area contributed by atoms with Gasteiger partial charge in [-0.1, -0.05) is 60.5 Å². The maximum Gasteiger partial charge on any atom is 0.273 e. The van der Waals surface area contributed by atoms with Gasteiger partial charge in [0.15, 0.2) is 5.78 Å². The minimum Gasteiger partial charge on any atom is -0.292 e. The van der Waals surface area contributed by atoms with Gasteiger partial charge >= 0.3 is 0 Å². The average molecular weight is 473 g/mol. The van der Waals surface area contributed by atoms with Gasteiger partial charge in [0.1, 0.15) is 6.54 Å². The number of ketones is 1. The summed E-state index contributed by atoms with van der Waals surface area (Å²) in [5.74, 6) is -2.53. The first-order valence-corrected chi connectivity index (χ1v) is 11.3. The van der Waals surface area contributed by atoms with Gasteiger partial charge in [0.05, 0.1) is 21.9 Å². The number of carbonyl (C=O) groups is 4. The van der Waals surface area contributed by atoms with E-state index >= 15 is 0 Å². The summed E-state index contributed by atoms with van der Waals surface area (Å²) in [5.41, 5.74) is 0.508. The Balaban J connectivity index is 1.70. The number of hydrogen-bond donors (Lipinski definition) is 0. The Kier molecular flexibility index (Phi) is 6.35. The van der Waals surface area contributed by atoms with E-state index in [-0.39, 0.29) is 21.4 Å². The van der Waals surface area contributed by atoms with Crippen molar-refractivity contribution in [3.8, 4) is 0 Å². The maximum absolute atomic E-state index is 13.4. The number of hydrazine groups is 1. The zero-order valence-electron chi connectivity index (χ0n) is 17.5. The van der Waals surface area contributed by atoms with E-state index in [0.29, 0.717) is 24.3 Å². The first-order chi connectivity index (χ1) is 15.3. The molecule has 3 amide bonds. The molecule has 6 nitrogen and oxygen atoms in total. The lowest BCUT2D eigenvalue weighted by molar-refractivity contribution is -0.154. The number of fused-ring (bicyclic) bond motifs is 1. The minimum atomic E-state index is -0.666. The highest BCUT2D eigenvalue weighted by molar-refractivity contribution is 6.42. The van der Waals surface area contributed by atoms with Crippen LogP contribution >= 0.6 is 23.2 Å². The normalized spacial score (nSPS) is 22.6. The number of imide groups is 1. The highest BCUT2D eigenvalue weighted by atomic mass is 35.5. The molecule has 0 spiro atoms. The Hall–Kier alpha value is -2.70. The van der Waals surface area contributed by atoms with Crippen molar-refractivity contribution < 1.29 is 19.2 Å². The number of halogens is 2. The summed E-state index contributed by atoms with van der Waals surface area (Å²) in [5, 5.41) is 2.28. The molecule has 0 N–H and O–H groups in total. The molecule has 32 heavy (non-hydrogen) atoms. The van der Waals surface area contributed by atoms with Crippen molar-refractivity contribution in [1.82, 2.24) is 10.0 Å². The van der Waals surface area contributed by atoms with Gasteiger partial charge in [0, 0.05) is 11.1 Å². The third kappa shape index (κ3) is 4.17. The molecular formula is C24H22Cl2N2O4. The van der Waals surface area contributed by atoms with Crippen LogP contribution in [-0.4, -0.2) is 40.1 Å². The second-order valence-electron chi connectivity index (χ2n) is 8.40. The SMILES string of the molecule is C[C@@H]1CC[C@@H]2C(=O)N(N(CC(=O)c3ccccc3)C(=O)c3ccc(Cl)c(Cl)c3)C(=O)[C@@H]2C1. The van der Waals surface area contributed by atoms with E-state index in [1.165, 1.54) is 18.2 Å². The second kappa shape index (κ2) is 9.04. The summed E-state index contributed by atoms with van der Waals surface area (Å²) in [4.78, 5) is 52.9. The number of carbonyl (C=O) groups excluding carboxylic acids is 4. The third-order valence-electron chi connectivity index (χ3n) is 6.20. The number of benzene rings is 2. The van der Waals surface area contributed by atoms with Gasteiger partial charge in [-0.15, -0.1) is 0 Å². The molecule has 166 valence electrons. The molecule has 2 aromatic carbocycles. The number of amides is 3. The largest absolute Gasteiger partial charge is 0.292 e. The molecule has 4 rings (SSSR count). The molecule has 2 fully saturated rings. The lowest BCUT2D eigenvalue weighted by atomic mass is 9.76. The molecule has 2 aromatic rings. The third-order valence-corrected chi connectivity index (χ3v) is 6.93. The van der Waals surface area contributed by atoms with Crippen LogP contribution in [0, 0.1) is 17.8 Å². The maximum atomic E-state index is 13.4. The Labute approximate surface area is 196 Å². The van der Waals surface area contributed by atoms with Crippen LogP contribution in [0.2, 0.25) is 10.0 Å². The number of Topliss-reactive ketones (excluding diaryl/α,β-unsaturated/α-hetero) is 1. The van der Waals surface area contributed by atoms with Crippen molar-refractivity contribution in [1.29, 1.82) is 0 Å². The summed E-state index contributed by atoms with van der Waals surface area (Å²) in [6, 6.07) is 12.7. The van der Waals surface area contributed by atoms with E-state index in [0.717, 1.165) is 16.4 Å². The van der Waals surface area contributed by atoms with Crippen LogP contribution < -0.4 is 0 Å². The summed E-state index contributed by atoms with van der Waals surface area (Å²) in [6.07, 6.45) is 2.03. The minimum absolute atomic E-state index is 0.129. The summed E-state index contributed by atoms with van der Waals surface area (Å²) in [6.45, 7) is 1.60. The average Bonchev–Trinajstić information content (AvgIpc) is 3.03. The van der Waals surface area contributed by atoms with Crippen LogP contribution in [0.5, 0.6) is 0 Å². The Morgan fingerprint density at radius 3 is 2.31 bits per heavy atom. The molecule has 1 saturated carbocycles. The van der Waals surface area contributed by atoms with Crippen LogP contribution in [0.25, 0.3) is 0 Å². The van der Waals surface area contributed by atoms with Gasteiger partial charge in [-0.05, 0) is 43.4 Å². The lowest BCUT2D eigenvalue weighted by Crippen LogP contribution is -2.52. The predicted molar refractivity (Wildman–Crippen MR) is 120 cm³/mol. The van der Waals surface area contributed by atoms with E-state index in [2.05, 4.69) is 0 Å². The number of hydrogen-bond acceptors (Lipinski definition) is 4. The zero-order chi connectivity index (χ0) is 23.0. The molecule has 1 heterocycles. The molecule has 0 bridgehead atoms. The molecule has 0 radical (unpaired) electrons. The molecule has 1 aliphatic carbocycles. The van der Waals surface area contributed by atoms with Gasteiger partial charge < -0.3 is 0 Å². The highest BCUT2D eigenvalue weighted by Crippen LogP contribution is 2.41. The van der Waals surface area contributed by atoms with Crippen LogP contribution in [0.15, 0.2) is 48.5 Å². The smallest absolute Gasteiger partial charge is 0.273 e. The molecule has 8 heteroatoms. The summed E-state index contributed by atoms with van der Waals surface area (Å²) in [7, 11) is 0. The van der Waals surface area contributed by atoms with Gasteiger partial charge in [0.25, 0.3) is 17.7 Å². The predicted octanol–water partition coefficient (Wildman–Crippen LogP) is 4.65. The monoisotopic (exact) mass is 472 g/mol. The Bertz CT molecular complexity index is 1090. The number of nitrogens with zero attached hydrogens (tertiary/aromatic N) is 2. The summed E-state index contributed by atoms with van der Waals surface area (Å²) >= 11 is 12.0. The first-order valence-electron chi connectivity index (χ1n) is 10.5. The standard InChI is InChI=1S/C24H22Cl2N2O4/c1-14-7-9-17-18(11-14)24(32)28(23(17)31)27(13-21(29)15-5-3-2-4-6-15)22(30)16-8-10-19(25)20(26)12-16/h2-6,8,10,12,14,17-18H,7,9,11,13H2,1H3/t14-,17+,18-/m1/s1. The Morgan fingerprint density at radius 2 is 1.62 bits per heavy atom. The number of rotatable bonds is 5. The van der Waals surface area contributed by atoms with Crippen molar-refractivity contribution in [2.45, 2.75) is 26.2 Å². The van der Waals surface area contributed by atoms with Gasteiger partial charge in [0.2, 0.25) is 0 Å². The van der Waals surface area contributed by atoms with Gasteiger partial charge in [-0.2, -0.15) is 5.01 Å². The quantitative estimate of drug-likeness (QED) is 0.468. The van der Waals surface area contributed by atoms with Crippen molar-refractivity contribution in [2.24, 2.45) is 17.8 Å². The van der Waals surface area contributed by atoms with Crippen molar-refractivity contribution in [2.75, 3.05) is 6.54 Å². The fourth-order valence-corrected chi connectivity index (χ4v) is 4.77. The second-order valence-corrected chi connectivity index (χ2v) is 9.21.